The Morgan fingerprint density at radius 2 is 2.14 bits per heavy atom. The van der Waals surface area contributed by atoms with Crippen molar-refractivity contribution in [2.45, 2.75) is 39.3 Å². The number of para-hydroxylation sites is 1. The first-order valence-electron chi connectivity index (χ1n) is 7.87. The number of ether oxygens (including phenoxy) is 1. The molecule has 118 valence electrons. The van der Waals surface area contributed by atoms with E-state index >= 15 is 0 Å². The Morgan fingerprint density at radius 3 is 2.81 bits per heavy atom. The van der Waals surface area contributed by atoms with Crippen molar-refractivity contribution in [2.75, 3.05) is 31.7 Å². The molecular formula is C17H27ClN2O. The van der Waals surface area contributed by atoms with Gasteiger partial charge in [0.25, 0.3) is 0 Å². The second-order valence-corrected chi connectivity index (χ2v) is 6.63. The Kier molecular flexibility index (Phi) is 6.34. The predicted octanol–water partition coefficient (Wildman–Crippen LogP) is 3.70. The average Bonchev–Trinajstić information content (AvgIpc) is 3.25. The van der Waals surface area contributed by atoms with E-state index in [9.17, 15) is 0 Å². The van der Waals surface area contributed by atoms with Crippen molar-refractivity contribution in [1.29, 1.82) is 0 Å². The Morgan fingerprint density at radius 1 is 1.38 bits per heavy atom. The van der Waals surface area contributed by atoms with Crippen LogP contribution in [0.25, 0.3) is 0 Å². The lowest BCUT2D eigenvalue weighted by Gasteiger charge is -2.24. The topological polar surface area (TPSA) is 24.5 Å². The molecule has 1 N–H and O–H groups in total. The number of hydrogen-bond acceptors (Lipinski definition) is 3. The van der Waals surface area contributed by atoms with Gasteiger partial charge in [0.05, 0.1) is 17.3 Å². The summed E-state index contributed by atoms with van der Waals surface area (Å²) < 4.78 is 5.73. The second-order valence-electron chi connectivity index (χ2n) is 6.22. The van der Waals surface area contributed by atoms with Crippen LogP contribution in [-0.2, 0) is 11.3 Å². The fraction of sp³-hybridized carbons (Fsp3) is 0.647. The summed E-state index contributed by atoms with van der Waals surface area (Å²) in [6.45, 7) is 7.68. The van der Waals surface area contributed by atoms with Crippen LogP contribution >= 0.6 is 11.6 Å². The molecule has 1 saturated carbocycles. The van der Waals surface area contributed by atoms with Crippen LogP contribution in [0.15, 0.2) is 18.2 Å². The lowest BCUT2D eigenvalue weighted by Crippen LogP contribution is -2.27. The second kappa shape index (κ2) is 8.02. The van der Waals surface area contributed by atoms with E-state index in [1.54, 1.807) is 0 Å². The number of halogens is 1. The Balaban J connectivity index is 1.91. The number of benzene rings is 1. The highest BCUT2D eigenvalue weighted by molar-refractivity contribution is 6.33. The number of hydrogen-bond donors (Lipinski definition) is 1. The van der Waals surface area contributed by atoms with E-state index in [-0.39, 0.29) is 0 Å². The Hall–Kier alpha value is -0.770. The third kappa shape index (κ3) is 5.50. The van der Waals surface area contributed by atoms with Gasteiger partial charge in [0.15, 0.2) is 0 Å². The van der Waals surface area contributed by atoms with Crippen molar-refractivity contribution >= 4 is 17.3 Å². The van der Waals surface area contributed by atoms with Crippen LogP contribution in [0.3, 0.4) is 0 Å². The van der Waals surface area contributed by atoms with Gasteiger partial charge < -0.3 is 15.0 Å². The highest BCUT2D eigenvalue weighted by Crippen LogP contribution is 2.30. The molecule has 0 aromatic heterocycles. The quantitative estimate of drug-likeness (QED) is 0.704. The van der Waals surface area contributed by atoms with Gasteiger partial charge in [-0.3, -0.25) is 0 Å². The molecule has 0 amide bonds. The number of nitrogens with zero attached hydrogens (tertiary/aromatic N) is 1. The zero-order valence-corrected chi connectivity index (χ0v) is 14.1. The van der Waals surface area contributed by atoms with Gasteiger partial charge >= 0.3 is 0 Å². The summed E-state index contributed by atoms with van der Waals surface area (Å²) >= 11 is 6.40. The molecule has 2 rings (SSSR count). The molecule has 0 saturated heterocycles. The lowest BCUT2D eigenvalue weighted by atomic mass is 10.1. The minimum absolute atomic E-state index is 0.462. The Labute approximate surface area is 133 Å². The summed E-state index contributed by atoms with van der Waals surface area (Å²) in [6.07, 6.45) is 2.68. The fourth-order valence-electron chi connectivity index (χ4n) is 2.29. The smallest absolute Gasteiger partial charge is 0.0642 e. The van der Waals surface area contributed by atoms with E-state index in [4.69, 9.17) is 16.3 Å². The molecule has 21 heavy (non-hydrogen) atoms. The van der Waals surface area contributed by atoms with Crippen LogP contribution in [-0.4, -0.2) is 32.8 Å². The number of nitrogens with one attached hydrogen (secondary N) is 1. The van der Waals surface area contributed by atoms with Gasteiger partial charge in [-0.1, -0.05) is 37.6 Å². The SMILES string of the molecule is CC(C)NCc1cccc(Cl)c1N(C)CCOCC1CC1. The van der Waals surface area contributed by atoms with Crippen molar-refractivity contribution < 1.29 is 4.74 Å². The van der Waals surface area contributed by atoms with Crippen LogP contribution in [0.2, 0.25) is 5.02 Å². The molecule has 1 aliphatic rings. The van der Waals surface area contributed by atoms with E-state index in [0.29, 0.717) is 6.04 Å². The summed E-state index contributed by atoms with van der Waals surface area (Å²) in [6, 6.07) is 6.57. The number of likely N-dealkylation sites (N-methyl/N-ethyl adjacent to an activating group) is 1. The van der Waals surface area contributed by atoms with Crippen LogP contribution in [0.4, 0.5) is 5.69 Å². The van der Waals surface area contributed by atoms with Crippen molar-refractivity contribution in [3.8, 4) is 0 Å². The Bertz CT molecular complexity index is 446. The van der Waals surface area contributed by atoms with E-state index < -0.39 is 0 Å². The zero-order chi connectivity index (χ0) is 15.2. The van der Waals surface area contributed by atoms with Gasteiger partial charge in [-0.05, 0) is 30.4 Å². The largest absolute Gasteiger partial charge is 0.379 e. The molecule has 0 unspecified atom stereocenters. The molecule has 4 heteroatoms. The van der Waals surface area contributed by atoms with Gasteiger partial charge in [-0.15, -0.1) is 0 Å². The van der Waals surface area contributed by atoms with Crippen LogP contribution in [0.5, 0.6) is 0 Å². The highest BCUT2D eigenvalue weighted by Gasteiger charge is 2.21. The van der Waals surface area contributed by atoms with Crippen molar-refractivity contribution in [1.82, 2.24) is 5.32 Å². The van der Waals surface area contributed by atoms with E-state index in [2.05, 4.69) is 37.2 Å². The summed E-state index contributed by atoms with van der Waals surface area (Å²) in [7, 11) is 2.08. The summed E-state index contributed by atoms with van der Waals surface area (Å²) in [5, 5.41) is 4.27. The molecule has 3 nitrogen and oxygen atoms in total. The van der Waals surface area contributed by atoms with Gasteiger partial charge in [0, 0.05) is 32.8 Å². The summed E-state index contributed by atoms with van der Waals surface area (Å²) in [4.78, 5) is 2.20. The van der Waals surface area contributed by atoms with Crippen LogP contribution in [0, 0.1) is 5.92 Å². The molecule has 1 aliphatic carbocycles. The maximum absolute atomic E-state index is 6.40. The molecule has 1 aromatic rings. The fourth-order valence-corrected chi connectivity index (χ4v) is 2.63. The molecule has 0 bridgehead atoms. The van der Waals surface area contributed by atoms with Gasteiger partial charge in [0.1, 0.15) is 0 Å². The number of rotatable bonds is 9. The van der Waals surface area contributed by atoms with Crippen molar-refractivity contribution in [2.24, 2.45) is 5.92 Å². The van der Waals surface area contributed by atoms with Crippen molar-refractivity contribution in [3.05, 3.63) is 28.8 Å². The monoisotopic (exact) mass is 310 g/mol. The first-order chi connectivity index (χ1) is 10.1. The standard InChI is InChI=1S/C17H27ClN2O/c1-13(2)19-11-15-5-4-6-16(18)17(15)20(3)9-10-21-12-14-7-8-14/h4-6,13-14,19H,7-12H2,1-3H3. The maximum atomic E-state index is 6.40. The molecule has 0 aliphatic heterocycles. The minimum Gasteiger partial charge on any atom is -0.379 e. The van der Waals surface area contributed by atoms with Gasteiger partial charge in [-0.25, -0.2) is 0 Å². The van der Waals surface area contributed by atoms with E-state index in [1.807, 2.05) is 12.1 Å². The lowest BCUT2D eigenvalue weighted by molar-refractivity contribution is 0.131. The first kappa shape index (κ1) is 16.6. The van der Waals surface area contributed by atoms with Gasteiger partial charge in [0.2, 0.25) is 0 Å². The molecule has 0 heterocycles. The average molecular weight is 311 g/mol. The molecule has 0 radical (unpaired) electrons. The van der Waals surface area contributed by atoms with E-state index in [1.165, 1.54) is 18.4 Å². The molecule has 0 atom stereocenters. The minimum atomic E-state index is 0.462. The van der Waals surface area contributed by atoms with Gasteiger partial charge in [-0.2, -0.15) is 0 Å². The van der Waals surface area contributed by atoms with Crippen molar-refractivity contribution in [3.63, 3.8) is 0 Å². The third-order valence-corrected chi connectivity index (χ3v) is 4.08. The normalized spacial score (nSPS) is 14.7. The first-order valence-corrected chi connectivity index (χ1v) is 8.25. The third-order valence-electron chi connectivity index (χ3n) is 3.77. The van der Waals surface area contributed by atoms with Crippen LogP contribution < -0.4 is 10.2 Å². The predicted molar refractivity (Wildman–Crippen MR) is 90.2 cm³/mol. The molecule has 0 spiro atoms. The van der Waals surface area contributed by atoms with E-state index in [0.717, 1.165) is 42.9 Å². The van der Waals surface area contributed by atoms with Crippen LogP contribution in [0.1, 0.15) is 32.3 Å². The molecular weight excluding hydrogens is 284 g/mol. The zero-order valence-electron chi connectivity index (χ0n) is 13.4. The molecule has 1 fully saturated rings. The summed E-state index contributed by atoms with van der Waals surface area (Å²) in [5.41, 5.74) is 2.35. The maximum Gasteiger partial charge on any atom is 0.0642 e. The summed E-state index contributed by atoms with van der Waals surface area (Å²) in [5.74, 6) is 0.821. The number of anilines is 1. The highest BCUT2D eigenvalue weighted by atomic mass is 35.5. The molecule has 1 aromatic carbocycles.